The summed E-state index contributed by atoms with van der Waals surface area (Å²) in [6.45, 7) is 1.40. The van der Waals surface area contributed by atoms with E-state index in [0.717, 1.165) is 4.42 Å². The summed E-state index contributed by atoms with van der Waals surface area (Å²) in [6, 6.07) is 0. The summed E-state index contributed by atoms with van der Waals surface area (Å²) >= 11 is 5.35. The van der Waals surface area contributed by atoms with Crippen LogP contribution in [0.25, 0.3) is 0 Å². The number of hydrogen-bond donors (Lipinski definition) is 1. The summed E-state index contributed by atoms with van der Waals surface area (Å²) in [7, 11) is -4.04. The van der Waals surface area contributed by atoms with Gasteiger partial charge in [-0.2, -0.15) is 8.42 Å². The topological polar surface area (TPSA) is 74.7 Å². The fourth-order valence-corrected chi connectivity index (χ4v) is 1.21. The first-order valence-electron chi connectivity index (χ1n) is 3.28. The molecule has 0 radical (unpaired) electrons. The van der Waals surface area contributed by atoms with Crippen molar-refractivity contribution < 1.29 is 17.8 Å². The molecule has 0 unspecified atom stereocenters. The van der Waals surface area contributed by atoms with E-state index in [1.165, 1.54) is 0 Å². The van der Waals surface area contributed by atoms with E-state index in [9.17, 15) is 13.2 Å². The quantitative estimate of drug-likeness (QED) is 0.540. The average Bonchev–Trinajstić information content (AvgIpc) is 1.97. The summed E-state index contributed by atoms with van der Waals surface area (Å²) in [5.74, 6) is -0.914. The zero-order chi connectivity index (χ0) is 9.78. The zero-order valence-corrected chi connectivity index (χ0v) is 8.10. The van der Waals surface area contributed by atoms with Crippen molar-refractivity contribution in [2.45, 2.75) is 13.3 Å². The first kappa shape index (κ1) is 11.7. The number of amides is 1. The molecule has 12 heavy (non-hydrogen) atoms. The lowest BCUT2D eigenvalue weighted by molar-refractivity contribution is -0.126. The molecule has 0 atom stereocenters. The highest BCUT2D eigenvalue weighted by molar-refractivity contribution is 7.85. The zero-order valence-electron chi connectivity index (χ0n) is 6.53. The van der Waals surface area contributed by atoms with Crippen LogP contribution in [0.3, 0.4) is 0 Å². The minimum atomic E-state index is -4.04. The molecule has 72 valence electrons. The Hall–Kier alpha value is -0.330. The standard InChI is InChI=1S/C5H10ClNO4S/c1-2-5(8)7(6)3-4-12(9,10)11/h2-4H2,1H3,(H,9,10,11). The molecule has 5 nitrogen and oxygen atoms in total. The van der Waals surface area contributed by atoms with Crippen molar-refractivity contribution >= 4 is 27.8 Å². The Labute approximate surface area is 76.2 Å². The van der Waals surface area contributed by atoms with Crippen LogP contribution >= 0.6 is 11.8 Å². The van der Waals surface area contributed by atoms with Crippen LogP contribution in [0.15, 0.2) is 0 Å². The molecular formula is C5H10ClNO4S. The molecule has 0 heterocycles. The molecule has 0 aliphatic rings. The number of halogens is 1. The van der Waals surface area contributed by atoms with Gasteiger partial charge in [0.05, 0.1) is 12.3 Å². The fourth-order valence-electron chi connectivity index (χ4n) is 0.492. The van der Waals surface area contributed by atoms with Crippen LogP contribution in [-0.2, 0) is 14.9 Å². The molecular weight excluding hydrogens is 206 g/mol. The molecule has 0 aromatic carbocycles. The lowest BCUT2D eigenvalue weighted by atomic mass is 10.4. The Morgan fingerprint density at radius 1 is 1.58 bits per heavy atom. The second-order valence-electron chi connectivity index (χ2n) is 2.12. The van der Waals surface area contributed by atoms with Crippen LogP contribution in [0, 0.1) is 0 Å². The average molecular weight is 216 g/mol. The van der Waals surface area contributed by atoms with Gasteiger partial charge in [0.2, 0.25) is 5.91 Å². The molecule has 0 saturated heterocycles. The Balaban J connectivity index is 3.88. The second kappa shape index (κ2) is 4.64. The van der Waals surface area contributed by atoms with Gasteiger partial charge >= 0.3 is 0 Å². The number of rotatable bonds is 4. The van der Waals surface area contributed by atoms with Gasteiger partial charge in [-0.05, 0) is 0 Å². The highest BCUT2D eigenvalue weighted by Gasteiger charge is 2.12. The third-order valence-electron chi connectivity index (χ3n) is 1.12. The number of carbonyl (C=O) groups is 1. The normalized spacial score (nSPS) is 11.2. The summed E-state index contributed by atoms with van der Waals surface area (Å²) in [4.78, 5) is 10.7. The van der Waals surface area contributed by atoms with E-state index >= 15 is 0 Å². The van der Waals surface area contributed by atoms with Gasteiger partial charge in [0, 0.05) is 18.2 Å². The van der Waals surface area contributed by atoms with Crippen molar-refractivity contribution in [3.8, 4) is 0 Å². The fraction of sp³-hybridized carbons (Fsp3) is 0.800. The molecule has 1 amide bonds. The van der Waals surface area contributed by atoms with Crippen LogP contribution in [0.4, 0.5) is 0 Å². The Bertz CT molecular complexity index is 250. The maximum absolute atomic E-state index is 10.7. The number of hydrogen-bond acceptors (Lipinski definition) is 3. The van der Waals surface area contributed by atoms with Gasteiger partial charge < -0.3 is 0 Å². The van der Waals surface area contributed by atoms with E-state index in [2.05, 4.69) is 0 Å². The third kappa shape index (κ3) is 5.34. The molecule has 0 aromatic heterocycles. The van der Waals surface area contributed by atoms with Gasteiger partial charge in [-0.15, -0.1) is 0 Å². The van der Waals surface area contributed by atoms with Gasteiger partial charge in [-0.1, -0.05) is 6.92 Å². The van der Waals surface area contributed by atoms with E-state index in [1.807, 2.05) is 0 Å². The number of carbonyl (C=O) groups excluding carboxylic acids is 1. The van der Waals surface area contributed by atoms with Crippen molar-refractivity contribution in [1.82, 2.24) is 4.42 Å². The SMILES string of the molecule is CCC(=O)N(Cl)CCS(=O)(=O)O. The molecule has 0 fully saturated rings. The predicted octanol–water partition coefficient (Wildman–Crippen LogP) is 0.267. The lowest BCUT2D eigenvalue weighted by Gasteiger charge is -2.10. The van der Waals surface area contributed by atoms with Crippen molar-refractivity contribution in [2.75, 3.05) is 12.3 Å². The van der Waals surface area contributed by atoms with Crippen LogP contribution < -0.4 is 0 Å². The maximum atomic E-state index is 10.7. The molecule has 0 aliphatic heterocycles. The van der Waals surface area contributed by atoms with E-state index in [4.69, 9.17) is 16.3 Å². The largest absolute Gasteiger partial charge is 0.285 e. The monoisotopic (exact) mass is 215 g/mol. The minimum absolute atomic E-state index is 0.201. The Kier molecular flexibility index (Phi) is 4.51. The van der Waals surface area contributed by atoms with Crippen molar-refractivity contribution in [2.24, 2.45) is 0 Å². The van der Waals surface area contributed by atoms with E-state index < -0.39 is 15.9 Å². The molecule has 0 rings (SSSR count). The van der Waals surface area contributed by atoms with E-state index in [-0.39, 0.29) is 18.9 Å². The smallest absolute Gasteiger partial charge is 0.266 e. The number of nitrogens with zero attached hydrogens (tertiary/aromatic N) is 1. The van der Waals surface area contributed by atoms with Crippen molar-refractivity contribution in [3.63, 3.8) is 0 Å². The van der Waals surface area contributed by atoms with Gasteiger partial charge in [0.25, 0.3) is 10.1 Å². The summed E-state index contributed by atoms with van der Waals surface area (Å²) in [5.41, 5.74) is 0. The lowest BCUT2D eigenvalue weighted by Crippen LogP contribution is -2.26. The minimum Gasteiger partial charge on any atom is -0.285 e. The molecule has 0 bridgehead atoms. The van der Waals surface area contributed by atoms with Crippen molar-refractivity contribution in [1.29, 1.82) is 0 Å². The van der Waals surface area contributed by atoms with Crippen LogP contribution in [0.1, 0.15) is 13.3 Å². The van der Waals surface area contributed by atoms with E-state index in [0.29, 0.717) is 0 Å². The molecule has 1 N–H and O–H groups in total. The van der Waals surface area contributed by atoms with Crippen molar-refractivity contribution in [3.05, 3.63) is 0 Å². The summed E-state index contributed by atoms with van der Waals surface area (Å²) in [5, 5.41) is 0. The van der Waals surface area contributed by atoms with Gasteiger partial charge in [0.1, 0.15) is 0 Å². The van der Waals surface area contributed by atoms with E-state index in [1.54, 1.807) is 6.92 Å². The predicted molar refractivity (Wildman–Crippen MR) is 44.3 cm³/mol. The van der Waals surface area contributed by atoms with Crippen LogP contribution in [-0.4, -0.2) is 35.6 Å². The first-order chi connectivity index (χ1) is 5.37. The summed E-state index contributed by atoms with van der Waals surface area (Å²) in [6.07, 6.45) is 0.203. The maximum Gasteiger partial charge on any atom is 0.266 e. The first-order valence-corrected chi connectivity index (χ1v) is 5.23. The summed E-state index contributed by atoms with van der Waals surface area (Å²) < 4.78 is 29.5. The van der Waals surface area contributed by atoms with Gasteiger partial charge in [-0.3, -0.25) is 13.8 Å². The van der Waals surface area contributed by atoms with Gasteiger partial charge in [0.15, 0.2) is 0 Å². The Morgan fingerprint density at radius 3 is 2.42 bits per heavy atom. The Morgan fingerprint density at radius 2 is 2.08 bits per heavy atom. The van der Waals surface area contributed by atoms with Crippen LogP contribution in [0.2, 0.25) is 0 Å². The molecule has 0 saturated carbocycles. The third-order valence-corrected chi connectivity index (χ3v) is 2.17. The molecule has 0 spiro atoms. The second-order valence-corrected chi connectivity index (χ2v) is 4.10. The molecule has 0 aromatic rings. The van der Waals surface area contributed by atoms with Gasteiger partial charge in [-0.25, -0.2) is 0 Å². The highest BCUT2D eigenvalue weighted by atomic mass is 35.5. The van der Waals surface area contributed by atoms with Crippen LogP contribution in [0.5, 0.6) is 0 Å². The molecule has 0 aliphatic carbocycles. The molecule has 7 heteroatoms. The highest BCUT2D eigenvalue weighted by Crippen LogP contribution is 1.98.